The predicted octanol–water partition coefficient (Wildman–Crippen LogP) is -0.258. The first-order valence-electron chi connectivity index (χ1n) is 6.12. The molecule has 0 spiro atoms. The highest BCUT2D eigenvalue weighted by molar-refractivity contribution is 4.76. The van der Waals surface area contributed by atoms with Crippen molar-refractivity contribution in [3.05, 3.63) is 0 Å². The van der Waals surface area contributed by atoms with Crippen LogP contribution in [0.2, 0.25) is 0 Å². The topological polar surface area (TPSA) is 41.7 Å². The van der Waals surface area contributed by atoms with Crippen molar-refractivity contribution in [2.75, 3.05) is 52.5 Å². The number of likely N-dealkylation sites (tertiary alicyclic amines) is 1. The molecule has 0 aromatic carbocycles. The van der Waals surface area contributed by atoms with Crippen LogP contribution in [0.3, 0.4) is 0 Å². The number of rotatable bonds is 3. The summed E-state index contributed by atoms with van der Waals surface area (Å²) in [5.74, 6) is 0. The predicted molar refractivity (Wildman–Crippen MR) is 60.9 cm³/mol. The third-order valence-corrected chi connectivity index (χ3v) is 3.38. The lowest BCUT2D eigenvalue weighted by atomic mass is 10.1. The Kier molecular flexibility index (Phi) is 4.38. The van der Waals surface area contributed by atoms with Crippen molar-refractivity contribution in [2.45, 2.75) is 18.9 Å². The zero-order chi connectivity index (χ0) is 10.5. The van der Waals surface area contributed by atoms with Gasteiger partial charge in [0.05, 0.1) is 13.2 Å². The minimum absolute atomic E-state index is 0.406. The monoisotopic (exact) mass is 213 g/mol. The Morgan fingerprint density at radius 1 is 1.07 bits per heavy atom. The molecule has 15 heavy (non-hydrogen) atoms. The maximum absolute atomic E-state index is 5.96. The third-order valence-electron chi connectivity index (χ3n) is 3.38. The molecule has 0 aromatic heterocycles. The van der Waals surface area contributed by atoms with Crippen LogP contribution in [0.5, 0.6) is 0 Å². The molecule has 0 radical (unpaired) electrons. The molecule has 0 aromatic rings. The SMILES string of the molecule is N[C@H]1CCCN(CCN2CCOCC2)C1. The number of hydrogen-bond donors (Lipinski definition) is 1. The number of hydrogen-bond acceptors (Lipinski definition) is 4. The Hall–Kier alpha value is -0.160. The van der Waals surface area contributed by atoms with Crippen LogP contribution in [0.4, 0.5) is 0 Å². The molecule has 0 bridgehead atoms. The van der Waals surface area contributed by atoms with Gasteiger partial charge in [0.1, 0.15) is 0 Å². The van der Waals surface area contributed by atoms with E-state index in [0.717, 1.165) is 32.8 Å². The van der Waals surface area contributed by atoms with E-state index in [0.29, 0.717) is 6.04 Å². The molecule has 4 nitrogen and oxygen atoms in total. The first kappa shape index (κ1) is 11.3. The van der Waals surface area contributed by atoms with E-state index in [1.165, 1.54) is 32.5 Å². The van der Waals surface area contributed by atoms with Crippen LogP contribution in [0.25, 0.3) is 0 Å². The fourth-order valence-electron chi connectivity index (χ4n) is 2.40. The summed E-state index contributed by atoms with van der Waals surface area (Å²) in [7, 11) is 0. The van der Waals surface area contributed by atoms with Crippen LogP contribution in [-0.2, 0) is 4.74 Å². The number of piperidine rings is 1. The summed E-state index contributed by atoms with van der Waals surface area (Å²) in [5.41, 5.74) is 5.96. The van der Waals surface area contributed by atoms with Crippen molar-refractivity contribution in [3.63, 3.8) is 0 Å². The average molecular weight is 213 g/mol. The van der Waals surface area contributed by atoms with Gasteiger partial charge in [0, 0.05) is 38.8 Å². The minimum atomic E-state index is 0.406. The number of morpholine rings is 1. The van der Waals surface area contributed by atoms with Gasteiger partial charge in [-0.3, -0.25) is 4.90 Å². The Morgan fingerprint density at radius 3 is 2.53 bits per heavy atom. The van der Waals surface area contributed by atoms with E-state index in [-0.39, 0.29) is 0 Å². The number of nitrogens with two attached hydrogens (primary N) is 1. The highest BCUT2D eigenvalue weighted by atomic mass is 16.5. The third kappa shape index (κ3) is 3.72. The van der Waals surface area contributed by atoms with Crippen molar-refractivity contribution < 1.29 is 4.74 Å². The van der Waals surface area contributed by atoms with E-state index in [1.54, 1.807) is 0 Å². The summed E-state index contributed by atoms with van der Waals surface area (Å²) < 4.78 is 5.33. The minimum Gasteiger partial charge on any atom is -0.379 e. The molecular formula is C11H23N3O. The van der Waals surface area contributed by atoms with Crippen LogP contribution >= 0.6 is 0 Å². The molecule has 1 atom stereocenters. The van der Waals surface area contributed by atoms with Gasteiger partial charge in [-0.1, -0.05) is 0 Å². The highest BCUT2D eigenvalue weighted by Gasteiger charge is 2.17. The van der Waals surface area contributed by atoms with Crippen molar-refractivity contribution in [1.82, 2.24) is 9.80 Å². The molecule has 2 rings (SSSR count). The molecule has 0 unspecified atom stereocenters. The first-order chi connectivity index (χ1) is 7.34. The fourth-order valence-corrected chi connectivity index (χ4v) is 2.40. The molecule has 0 aliphatic carbocycles. The van der Waals surface area contributed by atoms with Crippen LogP contribution in [-0.4, -0.2) is 68.3 Å². The molecule has 4 heteroatoms. The van der Waals surface area contributed by atoms with Gasteiger partial charge in [-0.25, -0.2) is 0 Å². The van der Waals surface area contributed by atoms with Crippen LogP contribution in [0.15, 0.2) is 0 Å². The van der Waals surface area contributed by atoms with Crippen LogP contribution in [0, 0.1) is 0 Å². The van der Waals surface area contributed by atoms with E-state index < -0.39 is 0 Å². The van der Waals surface area contributed by atoms with E-state index in [4.69, 9.17) is 10.5 Å². The second-order valence-electron chi connectivity index (χ2n) is 4.66. The number of nitrogens with zero attached hydrogens (tertiary/aromatic N) is 2. The van der Waals surface area contributed by atoms with E-state index in [2.05, 4.69) is 9.80 Å². The van der Waals surface area contributed by atoms with E-state index >= 15 is 0 Å². The van der Waals surface area contributed by atoms with Gasteiger partial charge in [-0.2, -0.15) is 0 Å². The lowest BCUT2D eigenvalue weighted by Crippen LogP contribution is -2.47. The Morgan fingerprint density at radius 2 is 1.80 bits per heavy atom. The van der Waals surface area contributed by atoms with E-state index in [1.807, 2.05) is 0 Å². The molecule has 2 fully saturated rings. The summed E-state index contributed by atoms with van der Waals surface area (Å²) in [5, 5.41) is 0. The molecular weight excluding hydrogens is 190 g/mol. The van der Waals surface area contributed by atoms with Crippen LogP contribution < -0.4 is 5.73 Å². The molecule has 2 heterocycles. The van der Waals surface area contributed by atoms with Gasteiger partial charge >= 0.3 is 0 Å². The standard InChI is InChI=1S/C11H23N3O/c12-11-2-1-3-14(10-11)5-4-13-6-8-15-9-7-13/h11H,1-10,12H2/t11-/m0/s1. The largest absolute Gasteiger partial charge is 0.379 e. The first-order valence-corrected chi connectivity index (χ1v) is 6.12. The Balaban J connectivity index is 1.63. The molecule has 0 amide bonds. The van der Waals surface area contributed by atoms with Gasteiger partial charge < -0.3 is 15.4 Å². The smallest absolute Gasteiger partial charge is 0.0594 e. The van der Waals surface area contributed by atoms with Crippen molar-refractivity contribution in [2.24, 2.45) is 5.73 Å². The highest BCUT2D eigenvalue weighted by Crippen LogP contribution is 2.08. The molecule has 88 valence electrons. The van der Waals surface area contributed by atoms with Gasteiger partial charge in [0.15, 0.2) is 0 Å². The maximum Gasteiger partial charge on any atom is 0.0594 e. The number of ether oxygens (including phenoxy) is 1. The fraction of sp³-hybridized carbons (Fsp3) is 1.00. The molecule has 2 saturated heterocycles. The summed E-state index contributed by atoms with van der Waals surface area (Å²) in [4.78, 5) is 4.99. The van der Waals surface area contributed by atoms with Gasteiger partial charge in [0.25, 0.3) is 0 Å². The maximum atomic E-state index is 5.96. The zero-order valence-electron chi connectivity index (χ0n) is 9.53. The zero-order valence-corrected chi connectivity index (χ0v) is 9.53. The summed E-state index contributed by atoms with van der Waals surface area (Å²) >= 11 is 0. The Bertz CT molecular complexity index is 183. The van der Waals surface area contributed by atoms with Gasteiger partial charge in [-0.05, 0) is 19.4 Å². The second kappa shape index (κ2) is 5.80. The van der Waals surface area contributed by atoms with Gasteiger partial charge in [-0.15, -0.1) is 0 Å². The normalized spacial score (nSPS) is 30.6. The lowest BCUT2D eigenvalue weighted by molar-refractivity contribution is 0.0320. The summed E-state index contributed by atoms with van der Waals surface area (Å²) in [6, 6.07) is 0.406. The second-order valence-corrected chi connectivity index (χ2v) is 4.66. The molecule has 2 N–H and O–H groups in total. The average Bonchev–Trinajstić information content (AvgIpc) is 2.28. The van der Waals surface area contributed by atoms with Crippen LogP contribution in [0.1, 0.15) is 12.8 Å². The summed E-state index contributed by atoms with van der Waals surface area (Å²) in [6.45, 7) is 8.67. The lowest BCUT2D eigenvalue weighted by Gasteiger charge is -2.33. The quantitative estimate of drug-likeness (QED) is 0.701. The molecule has 2 aliphatic heterocycles. The van der Waals surface area contributed by atoms with E-state index in [9.17, 15) is 0 Å². The van der Waals surface area contributed by atoms with Crippen molar-refractivity contribution in [1.29, 1.82) is 0 Å². The van der Waals surface area contributed by atoms with Crippen molar-refractivity contribution >= 4 is 0 Å². The summed E-state index contributed by atoms with van der Waals surface area (Å²) in [6.07, 6.45) is 2.47. The Labute approximate surface area is 92.4 Å². The van der Waals surface area contributed by atoms with Crippen molar-refractivity contribution in [3.8, 4) is 0 Å². The molecule has 0 saturated carbocycles. The molecule has 2 aliphatic rings. The van der Waals surface area contributed by atoms with Gasteiger partial charge in [0.2, 0.25) is 0 Å².